The maximum atomic E-state index is 12.5. The van der Waals surface area contributed by atoms with Crippen LogP contribution in [0, 0.1) is 10.1 Å². The van der Waals surface area contributed by atoms with Crippen LogP contribution >= 0.6 is 0 Å². The van der Waals surface area contributed by atoms with Gasteiger partial charge in [-0.15, -0.1) is 0 Å². The Bertz CT molecular complexity index is 861. The summed E-state index contributed by atoms with van der Waals surface area (Å²) in [6.07, 6.45) is 3.44. The molecule has 1 aliphatic heterocycles. The van der Waals surface area contributed by atoms with E-state index in [9.17, 15) is 19.7 Å². The summed E-state index contributed by atoms with van der Waals surface area (Å²) in [5.74, 6) is -0.400. The Kier molecular flexibility index (Phi) is 5.82. The van der Waals surface area contributed by atoms with Crippen molar-refractivity contribution < 1.29 is 19.2 Å². The predicted octanol–water partition coefficient (Wildman–Crippen LogP) is 1.53. The summed E-state index contributed by atoms with van der Waals surface area (Å²) in [6.45, 7) is 3.03. The number of nitro groups is 1. The summed E-state index contributed by atoms with van der Waals surface area (Å²) in [6, 6.07) is 4.07. The zero-order chi connectivity index (χ0) is 20.1. The second-order valence-electron chi connectivity index (χ2n) is 6.23. The van der Waals surface area contributed by atoms with Gasteiger partial charge in [-0.05, 0) is 31.9 Å². The Morgan fingerprint density at radius 1 is 1.36 bits per heavy atom. The Balaban J connectivity index is 1.66. The molecule has 1 aliphatic rings. The molecular formula is C17H20N6O5. The van der Waals surface area contributed by atoms with Crippen LogP contribution in [0.15, 0.2) is 30.9 Å². The van der Waals surface area contributed by atoms with Crippen molar-refractivity contribution in [2.75, 3.05) is 19.7 Å². The summed E-state index contributed by atoms with van der Waals surface area (Å²) in [5, 5.41) is 18.2. The van der Waals surface area contributed by atoms with Crippen LogP contribution in [0.1, 0.15) is 30.1 Å². The topological polar surface area (TPSA) is 132 Å². The lowest BCUT2D eigenvalue weighted by Gasteiger charge is -2.31. The summed E-state index contributed by atoms with van der Waals surface area (Å²) < 4.78 is 6.24. The fourth-order valence-electron chi connectivity index (χ4n) is 3.03. The molecule has 1 N–H and O–H groups in total. The van der Waals surface area contributed by atoms with Gasteiger partial charge in [0.2, 0.25) is 0 Å². The highest BCUT2D eigenvalue weighted by atomic mass is 16.6. The van der Waals surface area contributed by atoms with Crippen LogP contribution in [0.2, 0.25) is 0 Å². The molecule has 0 atom stereocenters. The summed E-state index contributed by atoms with van der Waals surface area (Å²) in [5.41, 5.74) is 0.167. The number of ether oxygens (including phenoxy) is 1. The second kappa shape index (κ2) is 8.46. The van der Waals surface area contributed by atoms with Crippen LogP contribution in [0.25, 0.3) is 5.69 Å². The SMILES string of the molecule is CCOC(=O)N1CCC(NC(=O)c2ccc(-n3cncn3)c([N+](=O)[O-])c2)CC1. The number of nitro benzene ring substituents is 1. The van der Waals surface area contributed by atoms with Gasteiger partial charge in [-0.1, -0.05) is 0 Å². The molecule has 0 spiro atoms. The van der Waals surface area contributed by atoms with Gasteiger partial charge in [-0.2, -0.15) is 5.10 Å². The van der Waals surface area contributed by atoms with Crippen molar-refractivity contribution in [1.82, 2.24) is 25.0 Å². The molecule has 1 aromatic carbocycles. The van der Waals surface area contributed by atoms with Crippen molar-refractivity contribution in [2.24, 2.45) is 0 Å². The zero-order valence-electron chi connectivity index (χ0n) is 15.3. The van der Waals surface area contributed by atoms with Crippen LogP contribution in [0.3, 0.4) is 0 Å². The molecular weight excluding hydrogens is 368 g/mol. The first-order valence-corrected chi connectivity index (χ1v) is 8.85. The van der Waals surface area contributed by atoms with E-state index in [-0.39, 0.29) is 29.1 Å². The van der Waals surface area contributed by atoms with Crippen molar-refractivity contribution in [2.45, 2.75) is 25.8 Å². The average molecular weight is 388 g/mol. The third kappa shape index (κ3) is 4.24. The number of nitrogens with zero attached hydrogens (tertiary/aromatic N) is 5. The standard InChI is InChI=1S/C17H20N6O5/c1-2-28-17(25)21-7-5-13(6-8-21)20-16(24)12-3-4-14(15(9-12)23(26)27)22-11-18-10-19-22/h3-4,9-11,13H,2,5-8H2,1H3,(H,20,24). The van der Waals surface area contributed by atoms with Crippen LogP contribution in [-0.2, 0) is 4.74 Å². The molecule has 3 rings (SSSR count). The minimum absolute atomic E-state index is 0.118. The number of carbonyl (C=O) groups is 2. The molecule has 11 nitrogen and oxygen atoms in total. The molecule has 2 heterocycles. The molecule has 2 aromatic rings. The van der Waals surface area contributed by atoms with Crippen molar-refractivity contribution in [1.29, 1.82) is 0 Å². The number of rotatable bonds is 5. The van der Waals surface area contributed by atoms with Gasteiger partial charge in [-0.3, -0.25) is 14.9 Å². The van der Waals surface area contributed by atoms with Gasteiger partial charge < -0.3 is 15.0 Å². The van der Waals surface area contributed by atoms with E-state index in [0.717, 1.165) is 0 Å². The molecule has 148 valence electrons. The van der Waals surface area contributed by atoms with E-state index >= 15 is 0 Å². The number of piperidine rings is 1. The van der Waals surface area contributed by atoms with Gasteiger partial charge in [0.1, 0.15) is 18.3 Å². The van der Waals surface area contributed by atoms with Crippen LogP contribution in [0.4, 0.5) is 10.5 Å². The smallest absolute Gasteiger partial charge is 0.409 e. The summed E-state index contributed by atoms with van der Waals surface area (Å²) in [7, 11) is 0. The highest BCUT2D eigenvalue weighted by Gasteiger charge is 2.26. The van der Waals surface area contributed by atoms with E-state index in [2.05, 4.69) is 15.4 Å². The molecule has 0 aliphatic carbocycles. The Labute approximate surface area is 160 Å². The van der Waals surface area contributed by atoms with Crippen molar-refractivity contribution in [3.63, 3.8) is 0 Å². The number of hydrogen-bond acceptors (Lipinski definition) is 7. The maximum absolute atomic E-state index is 12.5. The highest BCUT2D eigenvalue weighted by Crippen LogP contribution is 2.24. The fourth-order valence-corrected chi connectivity index (χ4v) is 3.03. The van der Waals surface area contributed by atoms with E-state index in [4.69, 9.17) is 4.74 Å². The van der Waals surface area contributed by atoms with E-state index in [1.165, 1.54) is 35.5 Å². The monoisotopic (exact) mass is 388 g/mol. The number of aromatic nitrogens is 3. The van der Waals surface area contributed by atoms with Gasteiger partial charge in [0, 0.05) is 30.8 Å². The number of benzene rings is 1. The first-order chi connectivity index (χ1) is 13.5. The van der Waals surface area contributed by atoms with Gasteiger partial charge in [0.25, 0.3) is 11.6 Å². The molecule has 0 radical (unpaired) electrons. The Hall–Kier alpha value is -3.50. The fraction of sp³-hybridized carbons (Fsp3) is 0.412. The second-order valence-corrected chi connectivity index (χ2v) is 6.23. The third-order valence-electron chi connectivity index (χ3n) is 4.46. The van der Waals surface area contributed by atoms with Crippen LogP contribution in [-0.4, -0.2) is 62.3 Å². The first kappa shape index (κ1) is 19.3. The number of likely N-dealkylation sites (tertiary alicyclic amines) is 1. The lowest BCUT2D eigenvalue weighted by Crippen LogP contribution is -2.46. The van der Waals surface area contributed by atoms with E-state index in [1.807, 2.05) is 0 Å². The largest absolute Gasteiger partial charge is 0.450 e. The molecule has 0 bridgehead atoms. The lowest BCUT2D eigenvalue weighted by molar-refractivity contribution is -0.384. The van der Waals surface area contributed by atoms with E-state index in [1.54, 1.807) is 11.8 Å². The van der Waals surface area contributed by atoms with Crippen molar-refractivity contribution in [3.05, 3.63) is 46.5 Å². The number of nitrogens with one attached hydrogen (secondary N) is 1. The van der Waals surface area contributed by atoms with Crippen molar-refractivity contribution >= 4 is 17.7 Å². The van der Waals surface area contributed by atoms with Gasteiger partial charge in [0.15, 0.2) is 0 Å². The Morgan fingerprint density at radius 2 is 2.11 bits per heavy atom. The molecule has 1 aromatic heterocycles. The summed E-state index contributed by atoms with van der Waals surface area (Å²) in [4.78, 5) is 40.5. The number of carbonyl (C=O) groups excluding carboxylic acids is 2. The summed E-state index contributed by atoms with van der Waals surface area (Å²) >= 11 is 0. The molecule has 28 heavy (non-hydrogen) atoms. The maximum Gasteiger partial charge on any atom is 0.409 e. The lowest BCUT2D eigenvalue weighted by atomic mass is 10.0. The molecule has 0 saturated carbocycles. The van der Waals surface area contributed by atoms with Crippen molar-refractivity contribution in [3.8, 4) is 5.69 Å². The molecule has 2 amide bonds. The van der Waals surface area contributed by atoms with Gasteiger partial charge in [0.05, 0.1) is 11.5 Å². The first-order valence-electron chi connectivity index (χ1n) is 8.85. The van der Waals surface area contributed by atoms with E-state index < -0.39 is 10.8 Å². The number of hydrogen-bond donors (Lipinski definition) is 1. The molecule has 1 saturated heterocycles. The van der Waals surface area contributed by atoms with Gasteiger partial charge >= 0.3 is 6.09 Å². The highest BCUT2D eigenvalue weighted by molar-refractivity contribution is 5.95. The minimum atomic E-state index is -0.564. The predicted molar refractivity (Wildman–Crippen MR) is 97.1 cm³/mol. The quantitative estimate of drug-likeness (QED) is 0.606. The zero-order valence-corrected chi connectivity index (χ0v) is 15.3. The van der Waals surface area contributed by atoms with Crippen LogP contribution < -0.4 is 5.32 Å². The molecule has 11 heteroatoms. The molecule has 1 fully saturated rings. The third-order valence-corrected chi connectivity index (χ3v) is 4.46. The normalized spacial score (nSPS) is 14.5. The molecule has 0 unspecified atom stereocenters. The minimum Gasteiger partial charge on any atom is -0.450 e. The van der Waals surface area contributed by atoms with E-state index in [0.29, 0.717) is 32.5 Å². The number of amides is 2. The Morgan fingerprint density at radius 3 is 2.71 bits per heavy atom. The average Bonchev–Trinajstić information content (AvgIpc) is 3.23. The van der Waals surface area contributed by atoms with Crippen LogP contribution in [0.5, 0.6) is 0 Å². The van der Waals surface area contributed by atoms with Gasteiger partial charge in [-0.25, -0.2) is 14.5 Å².